The number of nitrogens with one attached hydrogen (secondary N) is 1. The van der Waals surface area contributed by atoms with Gasteiger partial charge in [-0.25, -0.2) is 0 Å². The average Bonchev–Trinajstić information content (AvgIpc) is 2.37. The summed E-state index contributed by atoms with van der Waals surface area (Å²) in [6.07, 6.45) is 2.35. The maximum atomic E-state index is 5.92. The Morgan fingerprint density at radius 1 is 1.05 bits per heavy atom. The lowest BCUT2D eigenvalue weighted by Gasteiger charge is -2.37. The van der Waals surface area contributed by atoms with Gasteiger partial charge in [-0.3, -0.25) is 4.98 Å². The standard InChI is InChI=1S/C17H19ClN2/c1-11-3-8-17(12(2)19-11)20-16-9-14(10-16)13-4-6-15(18)7-5-13/h3-8,14,16,20H,9-10H2,1-2H3. The zero-order chi connectivity index (χ0) is 14.1. The topological polar surface area (TPSA) is 24.9 Å². The Bertz CT molecular complexity index is 601. The molecule has 0 bridgehead atoms. The monoisotopic (exact) mass is 286 g/mol. The summed E-state index contributed by atoms with van der Waals surface area (Å²) in [7, 11) is 0. The first-order chi connectivity index (χ1) is 9.61. The van der Waals surface area contributed by atoms with E-state index in [4.69, 9.17) is 11.6 Å². The predicted octanol–water partition coefficient (Wildman–Crippen LogP) is 4.71. The molecule has 0 aliphatic heterocycles. The highest BCUT2D eigenvalue weighted by Crippen LogP contribution is 2.39. The summed E-state index contributed by atoms with van der Waals surface area (Å²) in [6, 6.07) is 13.0. The molecule has 0 saturated heterocycles. The van der Waals surface area contributed by atoms with E-state index in [9.17, 15) is 0 Å². The number of benzene rings is 1. The summed E-state index contributed by atoms with van der Waals surface area (Å²) in [5.41, 5.74) is 4.71. The molecule has 1 N–H and O–H groups in total. The first-order valence-corrected chi connectivity index (χ1v) is 7.46. The van der Waals surface area contributed by atoms with Gasteiger partial charge in [-0.1, -0.05) is 23.7 Å². The SMILES string of the molecule is Cc1ccc(NC2CC(c3ccc(Cl)cc3)C2)c(C)n1. The lowest BCUT2D eigenvalue weighted by molar-refractivity contribution is 0.374. The van der Waals surface area contributed by atoms with Gasteiger partial charge in [-0.15, -0.1) is 0 Å². The molecule has 1 saturated carbocycles. The van der Waals surface area contributed by atoms with Crippen LogP contribution >= 0.6 is 11.6 Å². The van der Waals surface area contributed by atoms with Gasteiger partial charge in [0, 0.05) is 16.8 Å². The quantitative estimate of drug-likeness (QED) is 0.884. The molecule has 0 unspecified atom stereocenters. The van der Waals surface area contributed by atoms with Crippen LogP contribution in [0.4, 0.5) is 5.69 Å². The maximum Gasteiger partial charge on any atom is 0.0606 e. The highest BCUT2D eigenvalue weighted by molar-refractivity contribution is 6.30. The van der Waals surface area contributed by atoms with Gasteiger partial charge in [0.15, 0.2) is 0 Å². The molecule has 20 heavy (non-hydrogen) atoms. The van der Waals surface area contributed by atoms with Crippen LogP contribution < -0.4 is 5.32 Å². The smallest absolute Gasteiger partial charge is 0.0606 e. The van der Waals surface area contributed by atoms with Gasteiger partial charge in [0.2, 0.25) is 0 Å². The second kappa shape index (κ2) is 5.45. The van der Waals surface area contributed by atoms with Crippen LogP contribution in [0.3, 0.4) is 0 Å². The van der Waals surface area contributed by atoms with Crippen molar-refractivity contribution in [2.45, 2.75) is 38.6 Å². The minimum Gasteiger partial charge on any atom is -0.381 e. The van der Waals surface area contributed by atoms with Crippen molar-refractivity contribution in [3.05, 3.63) is 58.4 Å². The second-order valence-electron chi connectivity index (χ2n) is 5.65. The molecule has 104 valence electrons. The molecule has 0 spiro atoms. The Morgan fingerprint density at radius 2 is 1.75 bits per heavy atom. The minimum absolute atomic E-state index is 0.555. The van der Waals surface area contributed by atoms with Crippen LogP contribution in [0.25, 0.3) is 0 Å². The molecule has 3 heteroatoms. The predicted molar refractivity (Wildman–Crippen MR) is 84.5 cm³/mol. The first-order valence-electron chi connectivity index (χ1n) is 7.08. The molecular formula is C17H19ClN2. The van der Waals surface area contributed by atoms with Gasteiger partial charge >= 0.3 is 0 Å². The van der Waals surface area contributed by atoms with Gasteiger partial charge in [0.05, 0.1) is 11.4 Å². The first kappa shape index (κ1) is 13.4. The van der Waals surface area contributed by atoms with Crippen LogP contribution in [0.15, 0.2) is 36.4 Å². The van der Waals surface area contributed by atoms with E-state index in [0.717, 1.165) is 22.1 Å². The van der Waals surface area contributed by atoms with E-state index in [1.165, 1.54) is 18.4 Å². The van der Waals surface area contributed by atoms with Crippen molar-refractivity contribution in [3.63, 3.8) is 0 Å². The van der Waals surface area contributed by atoms with Crippen molar-refractivity contribution < 1.29 is 0 Å². The summed E-state index contributed by atoms with van der Waals surface area (Å²) in [6.45, 7) is 4.08. The summed E-state index contributed by atoms with van der Waals surface area (Å²) in [4.78, 5) is 4.49. The lowest BCUT2D eigenvalue weighted by Crippen LogP contribution is -2.34. The molecule has 1 aromatic heterocycles. The number of hydrogen-bond donors (Lipinski definition) is 1. The third-order valence-electron chi connectivity index (χ3n) is 4.06. The average molecular weight is 287 g/mol. The Labute approximate surface area is 125 Å². The molecule has 0 amide bonds. The van der Waals surface area contributed by atoms with Gasteiger partial charge in [0.1, 0.15) is 0 Å². The largest absolute Gasteiger partial charge is 0.381 e. The van der Waals surface area contributed by atoms with E-state index in [1.54, 1.807) is 0 Å². The van der Waals surface area contributed by atoms with Crippen molar-refractivity contribution in [3.8, 4) is 0 Å². The van der Waals surface area contributed by atoms with Crippen LogP contribution in [-0.4, -0.2) is 11.0 Å². The third-order valence-corrected chi connectivity index (χ3v) is 4.32. The number of halogens is 1. The fraction of sp³-hybridized carbons (Fsp3) is 0.353. The van der Waals surface area contributed by atoms with Crippen LogP contribution in [-0.2, 0) is 0 Å². The normalized spacial score (nSPS) is 21.4. The molecule has 0 radical (unpaired) electrons. The summed E-state index contributed by atoms with van der Waals surface area (Å²) in [5, 5.41) is 4.41. The zero-order valence-electron chi connectivity index (χ0n) is 11.9. The number of aromatic nitrogens is 1. The molecule has 3 rings (SSSR count). The molecule has 2 nitrogen and oxygen atoms in total. The zero-order valence-corrected chi connectivity index (χ0v) is 12.6. The van der Waals surface area contributed by atoms with Gasteiger partial charge < -0.3 is 5.32 Å². The van der Waals surface area contributed by atoms with Crippen molar-refractivity contribution >= 4 is 17.3 Å². The van der Waals surface area contributed by atoms with Crippen LogP contribution in [0.1, 0.15) is 35.7 Å². The Hall–Kier alpha value is -1.54. The third kappa shape index (κ3) is 2.80. The molecule has 0 atom stereocenters. The van der Waals surface area contributed by atoms with Crippen molar-refractivity contribution in [1.29, 1.82) is 0 Å². The van der Waals surface area contributed by atoms with Gasteiger partial charge in [-0.2, -0.15) is 0 Å². The van der Waals surface area contributed by atoms with E-state index >= 15 is 0 Å². The Morgan fingerprint density at radius 3 is 2.40 bits per heavy atom. The van der Waals surface area contributed by atoms with Gasteiger partial charge in [0.25, 0.3) is 0 Å². The van der Waals surface area contributed by atoms with Crippen molar-refractivity contribution in [1.82, 2.24) is 4.98 Å². The minimum atomic E-state index is 0.555. The Kier molecular flexibility index (Phi) is 3.66. The van der Waals surface area contributed by atoms with E-state index < -0.39 is 0 Å². The number of hydrogen-bond acceptors (Lipinski definition) is 2. The number of aryl methyl sites for hydroxylation is 2. The van der Waals surface area contributed by atoms with Crippen LogP contribution in [0.2, 0.25) is 5.02 Å². The van der Waals surface area contributed by atoms with E-state index in [0.29, 0.717) is 12.0 Å². The van der Waals surface area contributed by atoms with Crippen LogP contribution in [0.5, 0.6) is 0 Å². The number of pyridine rings is 1. The summed E-state index contributed by atoms with van der Waals surface area (Å²) in [5.74, 6) is 0.656. The Balaban J connectivity index is 1.59. The fourth-order valence-corrected chi connectivity index (χ4v) is 2.93. The van der Waals surface area contributed by atoms with Crippen molar-refractivity contribution in [2.24, 2.45) is 0 Å². The van der Waals surface area contributed by atoms with E-state index in [1.807, 2.05) is 19.1 Å². The molecule has 1 aliphatic carbocycles. The maximum absolute atomic E-state index is 5.92. The molecule has 1 aromatic carbocycles. The number of anilines is 1. The fourth-order valence-electron chi connectivity index (χ4n) is 2.80. The summed E-state index contributed by atoms with van der Waals surface area (Å²) < 4.78 is 0. The summed E-state index contributed by atoms with van der Waals surface area (Å²) >= 11 is 5.92. The lowest BCUT2D eigenvalue weighted by atomic mass is 9.76. The molecule has 1 aliphatic rings. The number of rotatable bonds is 3. The molecule has 1 fully saturated rings. The second-order valence-corrected chi connectivity index (χ2v) is 6.08. The molecular weight excluding hydrogens is 268 g/mol. The number of nitrogens with zero attached hydrogens (tertiary/aromatic N) is 1. The van der Waals surface area contributed by atoms with E-state index in [-0.39, 0.29) is 0 Å². The van der Waals surface area contributed by atoms with Crippen molar-refractivity contribution in [2.75, 3.05) is 5.32 Å². The van der Waals surface area contributed by atoms with Crippen LogP contribution in [0, 0.1) is 13.8 Å². The highest BCUT2D eigenvalue weighted by Gasteiger charge is 2.30. The molecule has 1 heterocycles. The molecule has 2 aromatic rings. The highest BCUT2D eigenvalue weighted by atomic mass is 35.5. The van der Waals surface area contributed by atoms with Gasteiger partial charge in [-0.05, 0) is 62.4 Å². The van der Waals surface area contributed by atoms with E-state index in [2.05, 4.69) is 41.5 Å².